The average molecular weight is 175 g/mol. The van der Waals surface area contributed by atoms with E-state index < -0.39 is 0 Å². The highest BCUT2D eigenvalue weighted by Gasteiger charge is 2.02. The Bertz CT molecular complexity index is 428. The molecule has 0 aliphatic heterocycles. The van der Waals surface area contributed by atoms with E-state index in [1.807, 2.05) is 25.5 Å². The zero-order valence-electron chi connectivity index (χ0n) is 7.21. The largest absolute Gasteiger partial charge is 0.311 e. The maximum absolute atomic E-state index is 10.6. The lowest BCUT2D eigenvalue weighted by Crippen LogP contribution is -1.95. The number of hydrogen-bond acceptors (Lipinski definition) is 2. The van der Waals surface area contributed by atoms with Crippen LogP contribution in [-0.4, -0.2) is 20.6 Å². The van der Waals surface area contributed by atoms with Crippen molar-refractivity contribution in [1.29, 1.82) is 0 Å². The van der Waals surface area contributed by atoms with Crippen LogP contribution in [-0.2, 0) is 7.05 Å². The molecule has 0 saturated heterocycles. The fourth-order valence-corrected chi connectivity index (χ4v) is 1.26. The Kier molecular flexibility index (Phi) is 1.73. The minimum atomic E-state index is 0.632. The maximum Gasteiger partial charge on any atom is 0.166 e. The molecule has 13 heavy (non-hydrogen) atoms. The van der Waals surface area contributed by atoms with Crippen LogP contribution < -0.4 is 0 Å². The Balaban J connectivity index is 2.51. The Morgan fingerprint density at radius 2 is 2.38 bits per heavy atom. The first-order chi connectivity index (χ1) is 6.31. The molecule has 2 heterocycles. The summed E-state index contributed by atoms with van der Waals surface area (Å²) in [6.07, 6.45) is 6.23. The Morgan fingerprint density at radius 3 is 3.00 bits per heavy atom. The fourth-order valence-electron chi connectivity index (χ4n) is 1.26. The molecule has 0 fully saturated rings. The topological polar surface area (TPSA) is 39.8 Å². The zero-order valence-corrected chi connectivity index (χ0v) is 7.21. The normalized spacial score (nSPS) is 10.2. The average Bonchev–Trinajstić information content (AvgIpc) is 2.71. The molecule has 0 radical (unpaired) electrons. The molecular formula is C9H9N3O. The van der Waals surface area contributed by atoms with Crippen LogP contribution in [0.25, 0.3) is 5.69 Å². The molecular weight excluding hydrogens is 166 g/mol. The van der Waals surface area contributed by atoms with Crippen LogP contribution >= 0.6 is 0 Å². The van der Waals surface area contributed by atoms with Crippen LogP contribution in [0.3, 0.4) is 0 Å². The van der Waals surface area contributed by atoms with Gasteiger partial charge in [-0.2, -0.15) is 5.10 Å². The van der Waals surface area contributed by atoms with Crippen molar-refractivity contribution >= 4 is 6.29 Å². The quantitative estimate of drug-likeness (QED) is 0.639. The van der Waals surface area contributed by atoms with Crippen molar-refractivity contribution in [3.05, 3.63) is 36.4 Å². The second-order valence-corrected chi connectivity index (χ2v) is 2.79. The molecule has 4 heteroatoms. The number of carbonyl (C=O) groups excluding carboxylic acids is 1. The minimum absolute atomic E-state index is 0.632. The Labute approximate surface area is 75.4 Å². The van der Waals surface area contributed by atoms with E-state index in [1.165, 1.54) is 0 Å². The zero-order chi connectivity index (χ0) is 9.26. The van der Waals surface area contributed by atoms with Gasteiger partial charge in [-0.25, -0.2) is 0 Å². The van der Waals surface area contributed by atoms with Gasteiger partial charge in [0.25, 0.3) is 0 Å². The number of nitrogens with zero attached hydrogens (tertiary/aromatic N) is 3. The number of carbonyl (C=O) groups is 1. The van der Waals surface area contributed by atoms with E-state index >= 15 is 0 Å². The first-order valence-corrected chi connectivity index (χ1v) is 3.93. The molecule has 0 amide bonds. The molecule has 2 rings (SSSR count). The summed E-state index contributed by atoms with van der Waals surface area (Å²) in [7, 11) is 1.84. The van der Waals surface area contributed by atoms with Crippen molar-refractivity contribution in [1.82, 2.24) is 14.3 Å². The minimum Gasteiger partial charge on any atom is -0.311 e. The molecule has 2 aromatic heterocycles. The van der Waals surface area contributed by atoms with E-state index in [9.17, 15) is 4.79 Å². The van der Waals surface area contributed by atoms with Crippen LogP contribution in [0.15, 0.2) is 30.7 Å². The standard InChI is InChI=1S/C9H9N3O/c1-11-6-9(5-10-11)12-4-2-3-8(12)7-13/h2-7H,1H3. The molecule has 4 nitrogen and oxygen atoms in total. The van der Waals surface area contributed by atoms with Crippen molar-refractivity contribution in [2.75, 3.05) is 0 Å². The molecule has 66 valence electrons. The third-order valence-corrected chi connectivity index (χ3v) is 1.87. The van der Waals surface area contributed by atoms with Crippen molar-refractivity contribution in [2.45, 2.75) is 0 Å². The van der Waals surface area contributed by atoms with Crippen LogP contribution in [0.1, 0.15) is 10.5 Å². The third kappa shape index (κ3) is 1.26. The predicted molar refractivity (Wildman–Crippen MR) is 47.9 cm³/mol. The Hall–Kier alpha value is -1.84. The van der Waals surface area contributed by atoms with Gasteiger partial charge in [0.15, 0.2) is 6.29 Å². The fraction of sp³-hybridized carbons (Fsp3) is 0.111. The number of aldehydes is 1. The summed E-state index contributed by atoms with van der Waals surface area (Å²) in [5.74, 6) is 0. The van der Waals surface area contributed by atoms with E-state index in [2.05, 4.69) is 5.10 Å². The van der Waals surface area contributed by atoms with Crippen molar-refractivity contribution < 1.29 is 4.79 Å². The van der Waals surface area contributed by atoms with Gasteiger partial charge in [-0.15, -0.1) is 0 Å². The lowest BCUT2D eigenvalue weighted by Gasteiger charge is -1.98. The summed E-state index contributed by atoms with van der Waals surface area (Å²) in [5.41, 5.74) is 1.53. The molecule has 0 aliphatic carbocycles. The first-order valence-electron chi connectivity index (χ1n) is 3.93. The van der Waals surface area contributed by atoms with Crippen molar-refractivity contribution in [3.8, 4) is 5.69 Å². The highest BCUT2D eigenvalue weighted by molar-refractivity contribution is 5.73. The molecule has 0 N–H and O–H groups in total. The lowest BCUT2D eigenvalue weighted by atomic mass is 10.4. The number of aromatic nitrogens is 3. The van der Waals surface area contributed by atoms with Gasteiger partial charge in [0.2, 0.25) is 0 Å². The van der Waals surface area contributed by atoms with Crippen LogP contribution in [0, 0.1) is 0 Å². The summed E-state index contributed by atoms with van der Waals surface area (Å²) in [6.45, 7) is 0. The highest BCUT2D eigenvalue weighted by Crippen LogP contribution is 2.09. The van der Waals surface area contributed by atoms with Crippen LogP contribution in [0.2, 0.25) is 0 Å². The van der Waals surface area contributed by atoms with Gasteiger partial charge in [-0.3, -0.25) is 9.48 Å². The monoisotopic (exact) mass is 175 g/mol. The summed E-state index contributed by atoms with van der Waals surface area (Å²) >= 11 is 0. The van der Waals surface area contributed by atoms with Gasteiger partial charge in [-0.1, -0.05) is 0 Å². The van der Waals surface area contributed by atoms with Gasteiger partial charge in [0.05, 0.1) is 17.6 Å². The summed E-state index contributed by atoms with van der Waals surface area (Å²) in [4.78, 5) is 10.6. The van der Waals surface area contributed by atoms with Gasteiger partial charge >= 0.3 is 0 Å². The molecule has 2 aromatic rings. The van der Waals surface area contributed by atoms with E-state index in [0.29, 0.717) is 5.69 Å². The first kappa shape index (κ1) is 7.79. The Morgan fingerprint density at radius 1 is 1.54 bits per heavy atom. The van der Waals surface area contributed by atoms with Gasteiger partial charge < -0.3 is 4.57 Å². The third-order valence-electron chi connectivity index (χ3n) is 1.87. The molecule has 0 unspecified atom stereocenters. The molecule has 0 saturated carbocycles. The lowest BCUT2D eigenvalue weighted by molar-refractivity contribution is 0.111. The highest BCUT2D eigenvalue weighted by atomic mass is 16.1. The van der Waals surface area contributed by atoms with Gasteiger partial charge in [0, 0.05) is 19.4 Å². The van der Waals surface area contributed by atoms with Crippen LogP contribution in [0.4, 0.5) is 0 Å². The number of aryl methyl sites for hydroxylation is 1. The van der Waals surface area contributed by atoms with Crippen molar-refractivity contribution in [3.63, 3.8) is 0 Å². The molecule has 0 aromatic carbocycles. The molecule has 0 bridgehead atoms. The SMILES string of the molecule is Cn1cc(-n2cccc2C=O)cn1. The predicted octanol–water partition coefficient (Wildman–Crippen LogP) is 1.02. The molecule has 0 spiro atoms. The molecule has 0 aliphatic rings. The smallest absolute Gasteiger partial charge is 0.166 e. The summed E-state index contributed by atoms with van der Waals surface area (Å²) < 4.78 is 3.49. The van der Waals surface area contributed by atoms with E-state index in [0.717, 1.165) is 12.0 Å². The summed E-state index contributed by atoms with van der Waals surface area (Å²) in [5, 5.41) is 4.03. The molecule has 0 atom stereocenters. The number of hydrogen-bond donors (Lipinski definition) is 0. The maximum atomic E-state index is 10.6. The van der Waals surface area contributed by atoms with Gasteiger partial charge in [0.1, 0.15) is 0 Å². The summed E-state index contributed by atoms with van der Waals surface area (Å²) in [6, 6.07) is 3.59. The second-order valence-electron chi connectivity index (χ2n) is 2.79. The van der Waals surface area contributed by atoms with Crippen molar-refractivity contribution in [2.24, 2.45) is 7.05 Å². The van der Waals surface area contributed by atoms with E-state index in [-0.39, 0.29) is 0 Å². The number of rotatable bonds is 2. The van der Waals surface area contributed by atoms with Crippen LogP contribution in [0.5, 0.6) is 0 Å². The second kappa shape index (κ2) is 2.90. The van der Waals surface area contributed by atoms with E-state index in [1.54, 1.807) is 21.5 Å². The van der Waals surface area contributed by atoms with E-state index in [4.69, 9.17) is 0 Å². The van der Waals surface area contributed by atoms with Gasteiger partial charge in [-0.05, 0) is 12.1 Å².